The molecule has 0 saturated carbocycles. The van der Waals surface area contributed by atoms with Crippen molar-refractivity contribution >= 4 is 23.4 Å². The summed E-state index contributed by atoms with van der Waals surface area (Å²) in [6.45, 7) is 2.53. The van der Waals surface area contributed by atoms with Gasteiger partial charge in [0.15, 0.2) is 11.0 Å². The zero-order chi connectivity index (χ0) is 21.6. The van der Waals surface area contributed by atoms with Crippen LogP contribution in [0.4, 0.5) is 5.69 Å². The van der Waals surface area contributed by atoms with Crippen LogP contribution in [0.15, 0.2) is 84.0 Å². The number of nitrogens with one attached hydrogen (secondary N) is 1. The van der Waals surface area contributed by atoms with Crippen molar-refractivity contribution in [2.24, 2.45) is 0 Å². The summed E-state index contributed by atoms with van der Waals surface area (Å²) in [5.74, 6) is 0.773. The van der Waals surface area contributed by atoms with E-state index in [4.69, 9.17) is 0 Å². The van der Waals surface area contributed by atoms with Crippen LogP contribution in [0, 0.1) is 6.92 Å². The molecule has 0 fully saturated rings. The lowest BCUT2D eigenvalue weighted by Crippen LogP contribution is -2.14. The summed E-state index contributed by atoms with van der Waals surface area (Å²) in [5.41, 5.74) is 3.57. The second-order valence-corrected chi connectivity index (χ2v) is 8.04. The fourth-order valence-electron chi connectivity index (χ4n) is 3.13. The van der Waals surface area contributed by atoms with Gasteiger partial charge in [0, 0.05) is 5.69 Å². The van der Waals surface area contributed by atoms with Crippen LogP contribution in [0.25, 0.3) is 11.4 Å². The molecule has 4 rings (SSSR count). The Morgan fingerprint density at radius 3 is 2.42 bits per heavy atom. The third-order valence-electron chi connectivity index (χ3n) is 4.71. The van der Waals surface area contributed by atoms with Crippen molar-refractivity contribution in [3.05, 3.63) is 90.0 Å². The van der Waals surface area contributed by atoms with E-state index in [2.05, 4.69) is 15.5 Å². The Morgan fingerprint density at radius 2 is 1.68 bits per heavy atom. The SMILES string of the molecule is Cc1ccc(NC(=O)CSc2nnc(-c3ccccc3O)n2Cc2ccccc2)cc1. The number of benzene rings is 3. The van der Waals surface area contributed by atoms with E-state index >= 15 is 0 Å². The number of rotatable bonds is 7. The molecule has 7 heteroatoms. The summed E-state index contributed by atoms with van der Waals surface area (Å²) in [5, 5.41) is 22.4. The third kappa shape index (κ3) is 5.13. The normalized spacial score (nSPS) is 10.7. The number of carbonyl (C=O) groups is 1. The minimum Gasteiger partial charge on any atom is -0.507 e. The Labute approximate surface area is 185 Å². The van der Waals surface area contributed by atoms with Gasteiger partial charge in [0.05, 0.1) is 17.9 Å². The fraction of sp³-hybridized carbons (Fsp3) is 0.125. The van der Waals surface area contributed by atoms with Crippen molar-refractivity contribution in [3.8, 4) is 17.1 Å². The number of phenols is 1. The van der Waals surface area contributed by atoms with Crippen molar-refractivity contribution in [2.75, 3.05) is 11.1 Å². The van der Waals surface area contributed by atoms with E-state index in [1.54, 1.807) is 18.2 Å². The Balaban J connectivity index is 1.56. The number of nitrogens with zero attached hydrogens (tertiary/aromatic N) is 3. The van der Waals surface area contributed by atoms with E-state index in [0.29, 0.717) is 23.1 Å². The maximum Gasteiger partial charge on any atom is 0.234 e. The Hall–Kier alpha value is -3.58. The third-order valence-corrected chi connectivity index (χ3v) is 5.68. The highest BCUT2D eigenvalue weighted by molar-refractivity contribution is 7.99. The van der Waals surface area contributed by atoms with Crippen LogP contribution in [-0.2, 0) is 11.3 Å². The smallest absolute Gasteiger partial charge is 0.234 e. The van der Waals surface area contributed by atoms with Gasteiger partial charge in [0.1, 0.15) is 5.75 Å². The van der Waals surface area contributed by atoms with Gasteiger partial charge in [-0.25, -0.2) is 0 Å². The highest BCUT2D eigenvalue weighted by atomic mass is 32.2. The molecular formula is C24H22N4O2S. The van der Waals surface area contributed by atoms with Gasteiger partial charge in [0.25, 0.3) is 0 Å². The van der Waals surface area contributed by atoms with Crippen molar-refractivity contribution in [1.82, 2.24) is 14.8 Å². The molecule has 0 atom stereocenters. The minimum absolute atomic E-state index is 0.118. The van der Waals surface area contributed by atoms with Crippen LogP contribution in [0.3, 0.4) is 0 Å². The number of thioether (sulfide) groups is 1. The van der Waals surface area contributed by atoms with E-state index in [1.165, 1.54) is 11.8 Å². The summed E-state index contributed by atoms with van der Waals surface area (Å²) in [7, 11) is 0. The molecule has 0 aliphatic rings. The topological polar surface area (TPSA) is 80.0 Å². The van der Waals surface area contributed by atoms with Crippen LogP contribution >= 0.6 is 11.8 Å². The largest absolute Gasteiger partial charge is 0.507 e. The Bertz CT molecular complexity index is 1170. The van der Waals surface area contributed by atoms with Crippen LogP contribution < -0.4 is 5.32 Å². The molecule has 0 saturated heterocycles. The molecule has 1 amide bonds. The molecule has 0 bridgehead atoms. The molecule has 0 radical (unpaired) electrons. The second-order valence-electron chi connectivity index (χ2n) is 7.10. The van der Waals surface area contributed by atoms with Gasteiger partial charge >= 0.3 is 0 Å². The number of amides is 1. The lowest BCUT2D eigenvalue weighted by atomic mass is 10.1. The van der Waals surface area contributed by atoms with Gasteiger partial charge in [-0.05, 0) is 36.8 Å². The first-order chi connectivity index (χ1) is 15.1. The molecule has 6 nitrogen and oxygen atoms in total. The molecule has 3 aromatic carbocycles. The number of para-hydroxylation sites is 1. The Morgan fingerprint density at radius 1 is 0.968 bits per heavy atom. The molecule has 4 aromatic rings. The number of carbonyl (C=O) groups excluding carboxylic acids is 1. The average molecular weight is 431 g/mol. The van der Waals surface area contributed by atoms with Crippen LogP contribution in [-0.4, -0.2) is 31.5 Å². The number of aromatic nitrogens is 3. The highest BCUT2D eigenvalue weighted by Gasteiger charge is 2.18. The molecule has 31 heavy (non-hydrogen) atoms. The maximum absolute atomic E-state index is 12.4. The second kappa shape index (κ2) is 9.49. The number of anilines is 1. The number of aryl methyl sites for hydroxylation is 1. The summed E-state index contributed by atoms with van der Waals surface area (Å²) >= 11 is 1.31. The molecule has 1 heterocycles. The van der Waals surface area contributed by atoms with E-state index < -0.39 is 0 Å². The predicted octanol–water partition coefficient (Wildman–Crippen LogP) is 4.74. The fourth-order valence-corrected chi connectivity index (χ4v) is 3.87. The monoisotopic (exact) mass is 430 g/mol. The highest BCUT2D eigenvalue weighted by Crippen LogP contribution is 2.30. The van der Waals surface area contributed by atoms with E-state index in [-0.39, 0.29) is 17.4 Å². The average Bonchev–Trinajstić information content (AvgIpc) is 3.17. The quantitative estimate of drug-likeness (QED) is 0.414. The zero-order valence-corrected chi connectivity index (χ0v) is 17.8. The standard InChI is InChI=1S/C24H22N4O2S/c1-17-11-13-19(14-12-17)25-22(30)16-31-24-27-26-23(20-9-5-6-10-21(20)29)28(24)15-18-7-3-2-4-8-18/h2-14,29H,15-16H2,1H3,(H,25,30). The molecule has 0 spiro atoms. The van der Waals surface area contributed by atoms with Crippen molar-refractivity contribution in [1.29, 1.82) is 0 Å². The van der Waals surface area contributed by atoms with Crippen molar-refractivity contribution in [2.45, 2.75) is 18.6 Å². The molecular weight excluding hydrogens is 408 g/mol. The molecule has 2 N–H and O–H groups in total. The number of hydrogen-bond acceptors (Lipinski definition) is 5. The van der Waals surface area contributed by atoms with Crippen molar-refractivity contribution < 1.29 is 9.90 Å². The number of phenolic OH excluding ortho intramolecular Hbond substituents is 1. The first-order valence-electron chi connectivity index (χ1n) is 9.85. The summed E-state index contributed by atoms with van der Waals surface area (Å²) < 4.78 is 1.92. The number of hydrogen-bond donors (Lipinski definition) is 2. The summed E-state index contributed by atoms with van der Waals surface area (Å²) in [6, 6.07) is 24.7. The van der Waals surface area contributed by atoms with Gasteiger partial charge in [-0.1, -0.05) is 71.9 Å². The molecule has 0 aliphatic heterocycles. The van der Waals surface area contributed by atoms with E-state index in [1.807, 2.05) is 72.2 Å². The lowest BCUT2D eigenvalue weighted by molar-refractivity contribution is -0.113. The number of aromatic hydroxyl groups is 1. The predicted molar refractivity (Wildman–Crippen MR) is 123 cm³/mol. The Kier molecular flexibility index (Phi) is 6.33. The van der Waals surface area contributed by atoms with Crippen LogP contribution in [0.5, 0.6) is 5.75 Å². The summed E-state index contributed by atoms with van der Waals surface area (Å²) in [6.07, 6.45) is 0. The zero-order valence-electron chi connectivity index (χ0n) is 17.0. The van der Waals surface area contributed by atoms with Gasteiger partial charge in [-0.3, -0.25) is 9.36 Å². The van der Waals surface area contributed by atoms with Crippen LogP contribution in [0.1, 0.15) is 11.1 Å². The molecule has 1 aromatic heterocycles. The van der Waals surface area contributed by atoms with Crippen molar-refractivity contribution in [3.63, 3.8) is 0 Å². The maximum atomic E-state index is 12.4. The summed E-state index contributed by atoms with van der Waals surface area (Å²) in [4.78, 5) is 12.4. The van der Waals surface area contributed by atoms with E-state index in [9.17, 15) is 9.90 Å². The van der Waals surface area contributed by atoms with Gasteiger partial charge in [-0.2, -0.15) is 0 Å². The van der Waals surface area contributed by atoms with Gasteiger partial charge in [-0.15, -0.1) is 10.2 Å². The van der Waals surface area contributed by atoms with E-state index in [0.717, 1.165) is 16.8 Å². The lowest BCUT2D eigenvalue weighted by Gasteiger charge is -2.11. The first-order valence-corrected chi connectivity index (χ1v) is 10.8. The van der Waals surface area contributed by atoms with Gasteiger partial charge in [0.2, 0.25) is 5.91 Å². The molecule has 0 unspecified atom stereocenters. The first kappa shape index (κ1) is 20.7. The van der Waals surface area contributed by atoms with Gasteiger partial charge < -0.3 is 10.4 Å². The van der Waals surface area contributed by atoms with Crippen LogP contribution in [0.2, 0.25) is 0 Å². The minimum atomic E-state index is -0.118. The molecule has 156 valence electrons. The molecule has 0 aliphatic carbocycles.